The number of carbonyl (C=O) groups excluding carboxylic acids is 1. The van der Waals surface area contributed by atoms with Crippen molar-refractivity contribution in [1.29, 1.82) is 0 Å². The van der Waals surface area contributed by atoms with Gasteiger partial charge in [-0.2, -0.15) is 0 Å². The van der Waals surface area contributed by atoms with Crippen LogP contribution in [0.5, 0.6) is 0 Å². The number of hydrogen-bond acceptors (Lipinski definition) is 2. The van der Waals surface area contributed by atoms with E-state index < -0.39 is 5.97 Å². The van der Waals surface area contributed by atoms with Crippen molar-refractivity contribution >= 4 is 29.2 Å². The molecule has 0 atom stereocenters. The van der Waals surface area contributed by atoms with E-state index >= 15 is 0 Å². The third-order valence-corrected chi connectivity index (χ3v) is 3.06. The zero-order chi connectivity index (χ0) is 14.5. The summed E-state index contributed by atoms with van der Waals surface area (Å²) in [5.41, 5.74) is 1.57. The monoisotopic (exact) mass is 289 g/mol. The van der Waals surface area contributed by atoms with Gasteiger partial charge in [-0.25, -0.2) is 4.79 Å². The molecule has 2 N–H and O–H groups in total. The number of carboxylic acid groups (broad SMARTS) is 1. The minimum absolute atomic E-state index is 0.0503. The van der Waals surface area contributed by atoms with Crippen molar-refractivity contribution in [2.24, 2.45) is 0 Å². The first kappa shape index (κ1) is 14.1. The van der Waals surface area contributed by atoms with Crippen LogP contribution in [-0.4, -0.2) is 17.0 Å². The second-order valence-corrected chi connectivity index (χ2v) is 4.41. The van der Waals surface area contributed by atoms with Gasteiger partial charge in [0.05, 0.1) is 11.3 Å². The van der Waals surface area contributed by atoms with Crippen LogP contribution < -0.4 is 5.32 Å². The number of rotatable bonds is 4. The Labute approximate surface area is 121 Å². The van der Waals surface area contributed by atoms with Gasteiger partial charge in [0.2, 0.25) is 0 Å². The Morgan fingerprint density at radius 3 is 2.55 bits per heavy atom. The number of para-hydroxylation sites is 1. The summed E-state index contributed by atoms with van der Waals surface area (Å²) < 4.78 is 0. The zero-order valence-corrected chi connectivity index (χ0v) is 11.2. The molecule has 0 aliphatic heterocycles. The molecular formula is C15H12ClNO3. The molecule has 0 aliphatic carbocycles. The minimum atomic E-state index is -1.09. The molecule has 0 saturated carbocycles. The lowest BCUT2D eigenvalue weighted by Gasteiger charge is -2.08. The van der Waals surface area contributed by atoms with E-state index in [4.69, 9.17) is 16.7 Å². The molecule has 102 valence electrons. The molecular weight excluding hydrogens is 278 g/mol. The third kappa shape index (κ3) is 3.16. The average Bonchev–Trinajstić information content (AvgIpc) is 2.47. The van der Waals surface area contributed by atoms with Gasteiger partial charge in [0, 0.05) is 11.4 Å². The van der Waals surface area contributed by atoms with Crippen LogP contribution in [0.2, 0.25) is 0 Å². The van der Waals surface area contributed by atoms with E-state index in [1.165, 1.54) is 6.07 Å². The van der Waals surface area contributed by atoms with Crippen molar-refractivity contribution in [3.63, 3.8) is 0 Å². The maximum Gasteiger partial charge on any atom is 0.337 e. The number of halogens is 1. The quantitative estimate of drug-likeness (QED) is 0.848. The number of alkyl halides is 1. The van der Waals surface area contributed by atoms with Crippen molar-refractivity contribution in [1.82, 2.24) is 0 Å². The molecule has 0 fully saturated rings. The molecule has 4 nitrogen and oxygen atoms in total. The van der Waals surface area contributed by atoms with Crippen LogP contribution in [0.3, 0.4) is 0 Å². The molecule has 5 heteroatoms. The molecule has 0 aliphatic rings. The Hall–Kier alpha value is -2.33. The second-order valence-electron chi connectivity index (χ2n) is 4.14. The minimum Gasteiger partial charge on any atom is -0.478 e. The van der Waals surface area contributed by atoms with Gasteiger partial charge in [0.1, 0.15) is 0 Å². The summed E-state index contributed by atoms with van der Waals surface area (Å²) in [6.07, 6.45) is 0. The highest BCUT2D eigenvalue weighted by molar-refractivity contribution is 6.17. The SMILES string of the molecule is O=C(Nc1ccccc1C(=O)O)c1cccc(CCl)c1. The summed E-state index contributed by atoms with van der Waals surface area (Å²) in [5, 5.41) is 11.7. The fourth-order valence-electron chi connectivity index (χ4n) is 1.77. The number of anilines is 1. The van der Waals surface area contributed by atoms with Gasteiger partial charge >= 0.3 is 5.97 Å². The highest BCUT2D eigenvalue weighted by Gasteiger charge is 2.13. The van der Waals surface area contributed by atoms with E-state index in [2.05, 4.69) is 5.32 Å². The molecule has 2 aromatic rings. The largest absolute Gasteiger partial charge is 0.478 e. The lowest BCUT2D eigenvalue weighted by Crippen LogP contribution is -2.14. The van der Waals surface area contributed by atoms with Gasteiger partial charge in [0.25, 0.3) is 5.91 Å². The van der Waals surface area contributed by atoms with Gasteiger partial charge in [0.15, 0.2) is 0 Å². The van der Waals surface area contributed by atoms with E-state index in [-0.39, 0.29) is 17.2 Å². The first-order valence-electron chi connectivity index (χ1n) is 5.90. The fourth-order valence-corrected chi connectivity index (χ4v) is 1.94. The maximum absolute atomic E-state index is 12.1. The smallest absolute Gasteiger partial charge is 0.337 e. The molecule has 0 radical (unpaired) electrons. The standard InChI is InChI=1S/C15H12ClNO3/c16-9-10-4-3-5-11(8-10)14(18)17-13-7-2-1-6-12(13)15(19)20/h1-8H,9H2,(H,17,18)(H,19,20). The van der Waals surface area contributed by atoms with Crippen LogP contribution in [0.15, 0.2) is 48.5 Å². The van der Waals surface area contributed by atoms with Gasteiger partial charge in [-0.05, 0) is 29.8 Å². The summed E-state index contributed by atoms with van der Waals surface area (Å²) in [7, 11) is 0. The Bertz CT molecular complexity index is 655. The van der Waals surface area contributed by atoms with Crippen molar-refractivity contribution in [2.75, 3.05) is 5.32 Å². The Morgan fingerprint density at radius 1 is 1.10 bits per heavy atom. The molecule has 0 saturated heterocycles. The van der Waals surface area contributed by atoms with Crippen LogP contribution in [0.4, 0.5) is 5.69 Å². The molecule has 0 spiro atoms. The first-order valence-corrected chi connectivity index (χ1v) is 6.44. The van der Waals surface area contributed by atoms with E-state index in [0.29, 0.717) is 11.4 Å². The lowest BCUT2D eigenvalue weighted by atomic mass is 10.1. The first-order chi connectivity index (χ1) is 9.61. The predicted octanol–water partition coefficient (Wildman–Crippen LogP) is 3.38. The number of amides is 1. The number of benzene rings is 2. The van der Waals surface area contributed by atoms with E-state index in [1.54, 1.807) is 36.4 Å². The Kier molecular flexibility index (Phi) is 4.38. The number of nitrogens with one attached hydrogen (secondary N) is 1. The predicted molar refractivity (Wildman–Crippen MR) is 77.4 cm³/mol. The van der Waals surface area contributed by atoms with Crippen molar-refractivity contribution in [2.45, 2.75) is 5.88 Å². The van der Waals surface area contributed by atoms with Crippen molar-refractivity contribution in [3.8, 4) is 0 Å². The van der Waals surface area contributed by atoms with E-state index in [0.717, 1.165) is 5.56 Å². The Morgan fingerprint density at radius 2 is 1.85 bits per heavy atom. The molecule has 1 amide bonds. The summed E-state index contributed by atoms with van der Waals surface area (Å²) in [6.45, 7) is 0. The molecule has 0 aromatic heterocycles. The number of carbonyl (C=O) groups is 2. The van der Waals surface area contributed by atoms with Crippen molar-refractivity contribution < 1.29 is 14.7 Å². The van der Waals surface area contributed by atoms with Gasteiger partial charge in [-0.1, -0.05) is 24.3 Å². The highest BCUT2D eigenvalue weighted by Crippen LogP contribution is 2.17. The van der Waals surface area contributed by atoms with Gasteiger partial charge < -0.3 is 10.4 Å². The van der Waals surface area contributed by atoms with E-state index in [9.17, 15) is 9.59 Å². The molecule has 0 unspecified atom stereocenters. The lowest BCUT2D eigenvalue weighted by molar-refractivity contribution is 0.0698. The zero-order valence-electron chi connectivity index (χ0n) is 10.5. The summed E-state index contributed by atoms with van der Waals surface area (Å²) in [5.74, 6) is -1.15. The van der Waals surface area contributed by atoms with E-state index in [1.807, 2.05) is 6.07 Å². The normalized spacial score (nSPS) is 10.1. The topological polar surface area (TPSA) is 66.4 Å². The molecule has 2 rings (SSSR count). The molecule has 0 bridgehead atoms. The summed E-state index contributed by atoms with van der Waals surface area (Å²) >= 11 is 5.72. The third-order valence-electron chi connectivity index (χ3n) is 2.75. The second kappa shape index (κ2) is 6.21. The maximum atomic E-state index is 12.1. The van der Waals surface area contributed by atoms with Crippen LogP contribution in [-0.2, 0) is 5.88 Å². The van der Waals surface area contributed by atoms with Crippen LogP contribution in [0.1, 0.15) is 26.3 Å². The van der Waals surface area contributed by atoms with Crippen LogP contribution in [0.25, 0.3) is 0 Å². The molecule has 2 aromatic carbocycles. The average molecular weight is 290 g/mol. The number of hydrogen-bond donors (Lipinski definition) is 2. The van der Waals surface area contributed by atoms with Gasteiger partial charge in [-0.15, -0.1) is 11.6 Å². The number of carboxylic acids is 1. The highest BCUT2D eigenvalue weighted by atomic mass is 35.5. The summed E-state index contributed by atoms with van der Waals surface area (Å²) in [4.78, 5) is 23.2. The summed E-state index contributed by atoms with van der Waals surface area (Å²) in [6, 6.07) is 13.1. The molecule has 20 heavy (non-hydrogen) atoms. The van der Waals surface area contributed by atoms with Crippen molar-refractivity contribution in [3.05, 3.63) is 65.2 Å². The molecule has 0 heterocycles. The van der Waals surface area contributed by atoms with Crippen LogP contribution in [0, 0.1) is 0 Å². The van der Waals surface area contributed by atoms with Crippen LogP contribution >= 0.6 is 11.6 Å². The number of aromatic carboxylic acids is 1. The fraction of sp³-hybridized carbons (Fsp3) is 0.0667. The Balaban J connectivity index is 2.25. The van der Waals surface area contributed by atoms with Gasteiger partial charge in [-0.3, -0.25) is 4.79 Å².